The molecule has 16 heavy (non-hydrogen) atoms. The number of nitrogens with one attached hydrogen (secondary N) is 1. The highest BCUT2D eigenvalue weighted by Crippen LogP contribution is 2.20. The molecule has 2 heterocycles. The van der Waals surface area contributed by atoms with Crippen molar-refractivity contribution in [1.82, 2.24) is 5.32 Å². The highest BCUT2D eigenvalue weighted by molar-refractivity contribution is 6.04. The van der Waals surface area contributed by atoms with Crippen molar-refractivity contribution >= 4 is 12.1 Å². The van der Waals surface area contributed by atoms with Gasteiger partial charge < -0.3 is 5.32 Å². The van der Waals surface area contributed by atoms with Crippen LogP contribution >= 0.6 is 0 Å². The average Bonchev–Trinajstić information content (AvgIpc) is 2.69. The summed E-state index contributed by atoms with van der Waals surface area (Å²) in [6, 6.07) is 10.1. The van der Waals surface area contributed by atoms with E-state index in [4.69, 9.17) is 0 Å². The summed E-state index contributed by atoms with van der Waals surface area (Å²) in [5.41, 5.74) is 2.25. The Bertz CT molecular complexity index is 485. The summed E-state index contributed by atoms with van der Waals surface area (Å²) >= 11 is 0. The number of nitrogens with zero attached hydrogens (tertiary/aromatic N) is 2. The topological polar surface area (TPSA) is 36.8 Å². The summed E-state index contributed by atoms with van der Waals surface area (Å²) in [7, 11) is 0. The van der Waals surface area contributed by atoms with Crippen molar-refractivity contribution in [1.29, 1.82) is 0 Å². The van der Waals surface area contributed by atoms with E-state index in [2.05, 4.69) is 28.3 Å². The molecule has 0 aromatic heterocycles. The van der Waals surface area contributed by atoms with Gasteiger partial charge in [0.25, 0.3) is 0 Å². The Hall–Kier alpha value is -1.90. The van der Waals surface area contributed by atoms with Crippen molar-refractivity contribution in [3.05, 3.63) is 47.7 Å². The molecule has 0 fully saturated rings. The first-order valence-electron chi connectivity index (χ1n) is 5.45. The van der Waals surface area contributed by atoms with Crippen LogP contribution in [0.4, 0.5) is 0 Å². The summed E-state index contributed by atoms with van der Waals surface area (Å²) < 4.78 is 0. The van der Waals surface area contributed by atoms with E-state index in [9.17, 15) is 0 Å². The predicted octanol–water partition coefficient (Wildman–Crippen LogP) is 1.97. The lowest BCUT2D eigenvalue weighted by Gasteiger charge is -2.17. The van der Waals surface area contributed by atoms with Gasteiger partial charge in [-0.25, -0.2) is 9.98 Å². The summed E-state index contributed by atoms with van der Waals surface area (Å²) in [5, 5.41) is 3.34. The maximum atomic E-state index is 4.62. The lowest BCUT2D eigenvalue weighted by Crippen LogP contribution is -2.30. The van der Waals surface area contributed by atoms with Crippen LogP contribution in [0.2, 0.25) is 0 Å². The number of fused-ring (bicyclic) bond motifs is 1. The normalized spacial score (nSPS) is 26.8. The van der Waals surface area contributed by atoms with Crippen LogP contribution in [0.5, 0.6) is 0 Å². The fraction of sp³-hybridized carbons (Fsp3) is 0.231. The van der Waals surface area contributed by atoms with E-state index in [1.165, 1.54) is 5.70 Å². The number of hydrogen-bond donors (Lipinski definition) is 1. The molecule has 1 aromatic rings. The van der Waals surface area contributed by atoms with Gasteiger partial charge in [-0.05, 0) is 6.92 Å². The Labute approximate surface area is 94.6 Å². The lowest BCUT2D eigenvalue weighted by atomic mass is 10.1. The van der Waals surface area contributed by atoms with Gasteiger partial charge in [0.15, 0.2) is 5.84 Å². The zero-order valence-corrected chi connectivity index (χ0v) is 9.09. The van der Waals surface area contributed by atoms with Crippen LogP contribution in [0.15, 0.2) is 52.1 Å². The first kappa shape index (κ1) is 9.33. The Balaban J connectivity index is 1.91. The lowest BCUT2D eigenvalue weighted by molar-refractivity contribution is 0.584. The van der Waals surface area contributed by atoms with Crippen molar-refractivity contribution < 1.29 is 0 Å². The number of allylic oxidation sites excluding steroid dienone is 1. The predicted molar refractivity (Wildman–Crippen MR) is 65.6 cm³/mol. The highest BCUT2D eigenvalue weighted by atomic mass is 15.1. The molecule has 3 rings (SSSR count). The van der Waals surface area contributed by atoms with Crippen molar-refractivity contribution in [3.8, 4) is 0 Å². The Morgan fingerprint density at radius 2 is 2.00 bits per heavy atom. The Kier molecular flexibility index (Phi) is 2.10. The van der Waals surface area contributed by atoms with E-state index in [0.29, 0.717) is 5.92 Å². The minimum atomic E-state index is 0.132. The molecule has 3 nitrogen and oxygen atoms in total. The van der Waals surface area contributed by atoms with E-state index >= 15 is 0 Å². The molecule has 0 radical (unpaired) electrons. The van der Waals surface area contributed by atoms with Gasteiger partial charge in [0.2, 0.25) is 0 Å². The van der Waals surface area contributed by atoms with E-state index in [1.807, 2.05) is 36.5 Å². The second-order valence-electron chi connectivity index (χ2n) is 4.11. The highest BCUT2D eigenvalue weighted by Gasteiger charge is 2.26. The molecule has 2 atom stereocenters. The van der Waals surface area contributed by atoms with Gasteiger partial charge >= 0.3 is 0 Å². The largest absolute Gasteiger partial charge is 0.367 e. The van der Waals surface area contributed by atoms with Gasteiger partial charge in [-0.1, -0.05) is 36.4 Å². The second kappa shape index (κ2) is 3.59. The molecule has 1 N–H and O–H groups in total. The van der Waals surface area contributed by atoms with Crippen LogP contribution in [0.3, 0.4) is 0 Å². The molecule has 0 spiro atoms. The van der Waals surface area contributed by atoms with Crippen LogP contribution in [0, 0.1) is 5.92 Å². The zero-order chi connectivity index (χ0) is 11.0. The van der Waals surface area contributed by atoms with E-state index in [-0.39, 0.29) is 6.17 Å². The van der Waals surface area contributed by atoms with Crippen molar-refractivity contribution in [2.75, 3.05) is 0 Å². The fourth-order valence-electron chi connectivity index (χ4n) is 2.06. The number of hydrogen-bond acceptors (Lipinski definition) is 3. The number of amidine groups is 1. The molecular weight excluding hydrogens is 198 g/mol. The van der Waals surface area contributed by atoms with Crippen LogP contribution in [-0.2, 0) is 0 Å². The molecule has 0 saturated heterocycles. The first-order valence-corrected chi connectivity index (χ1v) is 5.45. The maximum Gasteiger partial charge on any atom is 0.156 e. The average molecular weight is 211 g/mol. The molecule has 3 heteroatoms. The minimum absolute atomic E-state index is 0.132. The van der Waals surface area contributed by atoms with Gasteiger partial charge in [-0.3, -0.25) is 0 Å². The molecule has 2 aliphatic rings. The van der Waals surface area contributed by atoms with Crippen LogP contribution in [-0.4, -0.2) is 18.2 Å². The third-order valence-electron chi connectivity index (χ3n) is 2.84. The Morgan fingerprint density at radius 1 is 1.19 bits per heavy atom. The minimum Gasteiger partial charge on any atom is -0.367 e. The van der Waals surface area contributed by atoms with Crippen molar-refractivity contribution in [3.63, 3.8) is 0 Å². The third kappa shape index (κ3) is 1.54. The van der Waals surface area contributed by atoms with Gasteiger partial charge in [-0.15, -0.1) is 0 Å². The van der Waals surface area contributed by atoms with E-state index in [0.717, 1.165) is 11.4 Å². The molecule has 2 aliphatic heterocycles. The van der Waals surface area contributed by atoms with E-state index < -0.39 is 0 Å². The number of benzene rings is 1. The van der Waals surface area contributed by atoms with E-state index in [1.54, 1.807) is 0 Å². The van der Waals surface area contributed by atoms with Gasteiger partial charge in [0, 0.05) is 17.5 Å². The number of rotatable bonds is 1. The number of aliphatic imine (C=N–C) groups is 2. The van der Waals surface area contributed by atoms with Gasteiger partial charge in [-0.2, -0.15) is 0 Å². The smallest absolute Gasteiger partial charge is 0.156 e. The molecule has 0 bridgehead atoms. The zero-order valence-electron chi connectivity index (χ0n) is 9.09. The van der Waals surface area contributed by atoms with Gasteiger partial charge in [0.05, 0.1) is 5.92 Å². The van der Waals surface area contributed by atoms with Crippen LogP contribution < -0.4 is 5.32 Å². The standard InChI is InChI=1S/C13H13N3/c1-9-7-11-8-14-12(16-13(11)15-9)10-5-3-2-4-6-10/h2-8,11,13,15H,1H3. The second-order valence-corrected chi connectivity index (χ2v) is 4.11. The monoisotopic (exact) mass is 211 g/mol. The molecule has 0 aliphatic carbocycles. The third-order valence-corrected chi connectivity index (χ3v) is 2.84. The van der Waals surface area contributed by atoms with Crippen LogP contribution in [0.25, 0.3) is 0 Å². The van der Waals surface area contributed by atoms with Crippen molar-refractivity contribution in [2.45, 2.75) is 13.1 Å². The summed E-state index contributed by atoms with van der Waals surface area (Å²) in [6.45, 7) is 2.06. The SMILES string of the molecule is CC1=CC2C=NC(c3ccccc3)=NC2N1. The van der Waals surface area contributed by atoms with Crippen LogP contribution in [0.1, 0.15) is 12.5 Å². The molecule has 80 valence electrons. The maximum absolute atomic E-state index is 4.62. The van der Waals surface area contributed by atoms with Gasteiger partial charge in [0.1, 0.15) is 6.17 Å². The van der Waals surface area contributed by atoms with Crippen molar-refractivity contribution in [2.24, 2.45) is 15.9 Å². The summed E-state index contributed by atoms with van der Waals surface area (Å²) in [4.78, 5) is 9.04. The fourth-order valence-corrected chi connectivity index (χ4v) is 2.06. The summed E-state index contributed by atoms with van der Waals surface area (Å²) in [5.74, 6) is 1.13. The first-order chi connectivity index (χ1) is 7.83. The Morgan fingerprint density at radius 3 is 2.81 bits per heavy atom. The summed E-state index contributed by atoms with van der Waals surface area (Å²) in [6.07, 6.45) is 4.27. The molecular formula is C13H13N3. The quantitative estimate of drug-likeness (QED) is 0.757. The molecule has 0 amide bonds. The molecule has 0 saturated carbocycles. The molecule has 2 unspecified atom stereocenters. The molecule has 1 aromatic carbocycles.